The molecule has 0 aromatic heterocycles. The van der Waals surface area contributed by atoms with Gasteiger partial charge in [-0.25, -0.2) is 4.99 Å². The minimum absolute atomic E-state index is 0.287. The Balaban J connectivity index is 1.86. The Morgan fingerprint density at radius 2 is 2.12 bits per heavy atom. The molecule has 0 aliphatic carbocycles. The standard InChI is InChI=1S/C19H15N3O2/c1-12-5-6-16-15(9-12)17(23)19(24)7-8-22(18(19)21-16)14-4-2-3-13(10-14)11-20/h2-6,9-10,24H,7-8H2,1H3/t19-/m1/s1. The smallest absolute Gasteiger partial charge is 0.204 e. The van der Waals surface area contributed by atoms with Crippen LogP contribution in [0.15, 0.2) is 47.5 Å². The maximum Gasteiger partial charge on any atom is 0.204 e. The van der Waals surface area contributed by atoms with E-state index >= 15 is 0 Å². The van der Waals surface area contributed by atoms with Crippen LogP contribution in [-0.2, 0) is 0 Å². The number of hydrogen-bond acceptors (Lipinski definition) is 5. The Labute approximate surface area is 139 Å². The minimum atomic E-state index is -1.59. The van der Waals surface area contributed by atoms with Crippen molar-refractivity contribution in [2.24, 2.45) is 4.99 Å². The molecule has 0 bridgehead atoms. The molecule has 1 N–H and O–H groups in total. The van der Waals surface area contributed by atoms with Gasteiger partial charge in [0.2, 0.25) is 5.78 Å². The highest BCUT2D eigenvalue weighted by atomic mass is 16.3. The van der Waals surface area contributed by atoms with Crippen molar-refractivity contribution in [3.8, 4) is 6.07 Å². The van der Waals surface area contributed by atoms with Crippen LogP contribution in [0.4, 0.5) is 11.4 Å². The van der Waals surface area contributed by atoms with Crippen molar-refractivity contribution in [2.45, 2.75) is 18.9 Å². The van der Waals surface area contributed by atoms with Crippen LogP contribution in [0.2, 0.25) is 0 Å². The van der Waals surface area contributed by atoms with Gasteiger partial charge in [0.05, 0.1) is 17.3 Å². The Kier molecular flexibility index (Phi) is 3.05. The summed E-state index contributed by atoms with van der Waals surface area (Å²) in [7, 11) is 0. The predicted molar refractivity (Wildman–Crippen MR) is 90.7 cm³/mol. The zero-order valence-corrected chi connectivity index (χ0v) is 13.2. The van der Waals surface area contributed by atoms with E-state index in [4.69, 9.17) is 5.26 Å². The number of aliphatic imine (C=N–C) groups is 1. The monoisotopic (exact) mass is 317 g/mol. The van der Waals surface area contributed by atoms with Gasteiger partial charge in [-0.3, -0.25) is 4.79 Å². The van der Waals surface area contributed by atoms with Gasteiger partial charge < -0.3 is 10.0 Å². The number of benzene rings is 2. The van der Waals surface area contributed by atoms with Crippen LogP contribution in [0.25, 0.3) is 0 Å². The summed E-state index contributed by atoms with van der Waals surface area (Å²) in [5, 5.41) is 20.1. The van der Waals surface area contributed by atoms with Crippen LogP contribution in [0.3, 0.4) is 0 Å². The number of carbonyl (C=O) groups excluding carboxylic acids is 1. The van der Waals surface area contributed by atoms with E-state index in [0.717, 1.165) is 11.3 Å². The molecule has 2 aliphatic rings. The van der Waals surface area contributed by atoms with Gasteiger partial charge in [0.15, 0.2) is 5.60 Å². The summed E-state index contributed by atoms with van der Waals surface area (Å²) in [4.78, 5) is 19.3. The van der Waals surface area contributed by atoms with E-state index in [0.29, 0.717) is 29.2 Å². The summed E-state index contributed by atoms with van der Waals surface area (Å²) in [6.45, 7) is 2.38. The Hall–Kier alpha value is -2.97. The number of carbonyl (C=O) groups is 1. The number of ketones is 1. The van der Waals surface area contributed by atoms with Crippen molar-refractivity contribution in [1.29, 1.82) is 5.26 Å². The summed E-state index contributed by atoms with van der Waals surface area (Å²) in [5.74, 6) is 0.0454. The second kappa shape index (κ2) is 5.02. The number of amidine groups is 1. The number of aliphatic hydroxyl groups is 1. The lowest BCUT2D eigenvalue weighted by molar-refractivity contribution is 0.0602. The zero-order valence-electron chi connectivity index (χ0n) is 13.2. The molecule has 1 fully saturated rings. The predicted octanol–water partition coefficient (Wildman–Crippen LogP) is 2.73. The van der Waals surface area contributed by atoms with Crippen LogP contribution in [-0.4, -0.2) is 28.9 Å². The number of anilines is 1. The lowest BCUT2D eigenvalue weighted by atomic mass is 9.87. The molecule has 0 amide bonds. The third kappa shape index (κ3) is 1.97. The zero-order chi connectivity index (χ0) is 16.9. The van der Waals surface area contributed by atoms with Gasteiger partial charge in [-0.1, -0.05) is 17.7 Å². The molecule has 0 unspecified atom stereocenters. The molecule has 2 aliphatic heterocycles. The van der Waals surface area contributed by atoms with E-state index in [1.807, 2.05) is 24.0 Å². The third-order valence-electron chi connectivity index (χ3n) is 4.61. The number of nitriles is 1. The molecule has 2 aromatic rings. The molecule has 24 heavy (non-hydrogen) atoms. The summed E-state index contributed by atoms with van der Waals surface area (Å²) in [6, 6.07) is 14.7. The molecular weight excluding hydrogens is 302 g/mol. The normalized spacial score (nSPS) is 21.8. The maximum absolute atomic E-state index is 12.9. The lowest BCUT2D eigenvalue weighted by Gasteiger charge is -2.29. The van der Waals surface area contributed by atoms with Crippen LogP contribution in [0.1, 0.15) is 27.9 Å². The topological polar surface area (TPSA) is 76.7 Å². The van der Waals surface area contributed by atoms with Crippen molar-refractivity contribution >= 4 is 23.0 Å². The quantitative estimate of drug-likeness (QED) is 0.877. The van der Waals surface area contributed by atoms with E-state index in [-0.39, 0.29) is 12.2 Å². The first-order valence-electron chi connectivity index (χ1n) is 7.77. The second-order valence-electron chi connectivity index (χ2n) is 6.21. The fourth-order valence-corrected chi connectivity index (χ4v) is 3.34. The van der Waals surface area contributed by atoms with E-state index in [2.05, 4.69) is 11.1 Å². The Morgan fingerprint density at radius 3 is 2.92 bits per heavy atom. The molecule has 1 saturated heterocycles. The summed E-state index contributed by atoms with van der Waals surface area (Å²) >= 11 is 0. The highest BCUT2D eigenvalue weighted by Crippen LogP contribution is 2.39. The number of fused-ring (bicyclic) bond motifs is 2. The van der Waals surface area contributed by atoms with Gasteiger partial charge in [-0.2, -0.15) is 5.26 Å². The number of rotatable bonds is 1. The highest BCUT2D eigenvalue weighted by Gasteiger charge is 2.52. The van der Waals surface area contributed by atoms with Crippen molar-refractivity contribution in [1.82, 2.24) is 0 Å². The first-order chi connectivity index (χ1) is 11.5. The van der Waals surface area contributed by atoms with Crippen molar-refractivity contribution < 1.29 is 9.90 Å². The molecule has 1 atom stereocenters. The molecule has 0 saturated carbocycles. The number of nitrogens with zero attached hydrogens (tertiary/aromatic N) is 3. The summed E-state index contributed by atoms with van der Waals surface area (Å²) in [6.07, 6.45) is 0.287. The SMILES string of the molecule is Cc1ccc2c(c1)C(=O)[C@]1(O)CCN(c3cccc(C#N)c3)C1=N2. The molecule has 5 heteroatoms. The first kappa shape index (κ1) is 14.6. The van der Waals surface area contributed by atoms with Gasteiger partial charge in [0.25, 0.3) is 0 Å². The average molecular weight is 317 g/mol. The van der Waals surface area contributed by atoms with E-state index < -0.39 is 5.60 Å². The molecule has 5 nitrogen and oxygen atoms in total. The first-order valence-corrected chi connectivity index (χ1v) is 7.77. The van der Waals surface area contributed by atoms with Crippen LogP contribution < -0.4 is 4.90 Å². The molecular formula is C19H15N3O2. The van der Waals surface area contributed by atoms with Crippen LogP contribution in [0, 0.1) is 18.3 Å². The van der Waals surface area contributed by atoms with Gasteiger partial charge in [0, 0.05) is 24.2 Å². The molecule has 0 spiro atoms. The van der Waals surface area contributed by atoms with E-state index in [1.165, 1.54) is 0 Å². The largest absolute Gasteiger partial charge is 0.374 e. The van der Waals surface area contributed by atoms with E-state index in [9.17, 15) is 9.90 Å². The molecule has 2 aromatic carbocycles. The molecule has 2 heterocycles. The minimum Gasteiger partial charge on any atom is -0.374 e. The average Bonchev–Trinajstić information content (AvgIpc) is 2.94. The van der Waals surface area contributed by atoms with Crippen LogP contribution in [0.5, 0.6) is 0 Å². The van der Waals surface area contributed by atoms with Crippen LogP contribution >= 0.6 is 0 Å². The Morgan fingerprint density at radius 1 is 1.29 bits per heavy atom. The van der Waals surface area contributed by atoms with Gasteiger partial charge in [0.1, 0.15) is 5.84 Å². The molecule has 0 radical (unpaired) electrons. The fraction of sp³-hybridized carbons (Fsp3) is 0.211. The van der Waals surface area contributed by atoms with Gasteiger partial charge in [-0.05, 0) is 37.3 Å². The second-order valence-corrected chi connectivity index (χ2v) is 6.21. The maximum atomic E-state index is 12.9. The van der Waals surface area contributed by atoms with Crippen molar-refractivity contribution in [3.05, 3.63) is 59.2 Å². The number of hydrogen-bond donors (Lipinski definition) is 1. The van der Waals surface area contributed by atoms with Crippen molar-refractivity contribution in [3.63, 3.8) is 0 Å². The summed E-state index contributed by atoms with van der Waals surface area (Å²) in [5.41, 5.74) is 1.70. The lowest BCUT2D eigenvalue weighted by Crippen LogP contribution is -2.48. The Bertz CT molecular complexity index is 942. The highest BCUT2D eigenvalue weighted by molar-refractivity contribution is 6.28. The number of aryl methyl sites for hydroxylation is 1. The number of Topliss-reactive ketones (excluding diaryl/α,β-unsaturated/α-hetero) is 1. The molecule has 4 rings (SSSR count). The fourth-order valence-electron chi connectivity index (χ4n) is 3.34. The van der Waals surface area contributed by atoms with E-state index in [1.54, 1.807) is 30.3 Å². The van der Waals surface area contributed by atoms with Crippen molar-refractivity contribution in [2.75, 3.05) is 11.4 Å². The molecule has 118 valence electrons. The third-order valence-corrected chi connectivity index (χ3v) is 4.61. The van der Waals surface area contributed by atoms with Gasteiger partial charge >= 0.3 is 0 Å². The summed E-state index contributed by atoms with van der Waals surface area (Å²) < 4.78 is 0. The van der Waals surface area contributed by atoms with Gasteiger partial charge in [-0.15, -0.1) is 0 Å².